The molecule has 0 N–H and O–H groups in total. The molecule has 0 unspecified atom stereocenters. The average Bonchev–Trinajstić information content (AvgIpc) is 4.13. The molecule has 0 fully saturated rings. The maximum absolute atomic E-state index is 6.64. The number of fused-ring (bicyclic) bond motifs is 19. The maximum atomic E-state index is 6.64. The van der Waals surface area contributed by atoms with Crippen LogP contribution in [0.1, 0.15) is 25.0 Å². The summed E-state index contributed by atoms with van der Waals surface area (Å²) in [6.07, 6.45) is 0. The Labute approximate surface area is 373 Å². The molecule has 0 atom stereocenters. The van der Waals surface area contributed by atoms with Crippen LogP contribution >= 0.6 is 0 Å². The normalized spacial score (nSPS) is 14.1. The molecule has 0 bridgehead atoms. The molecular weight excluding hydrogens is 791 g/mol. The van der Waals surface area contributed by atoms with Crippen molar-refractivity contribution < 1.29 is 4.42 Å². The van der Waals surface area contributed by atoms with Crippen molar-refractivity contribution in [1.82, 2.24) is 13.5 Å². The van der Waals surface area contributed by atoms with Gasteiger partial charge in [-0.1, -0.05) is 135 Å². The summed E-state index contributed by atoms with van der Waals surface area (Å²) >= 11 is 0. The van der Waals surface area contributed by atoms with E-state index in [4.69, 9.17) is 4.42 Å². The van der Waals surface area contributed by atoms with Crippen LogP contribution in [0, 0.1) is 0 Å². The largest absolute Gasteiger partial charge is 0.456 e. The van der Waals surface area contributed by atoms with Crippen LogP contribution in [0.5, 0.6) is 0 Å². The Kier molecular flexibility index (Phi) is 6.16. The molecule has 3 aliphatic rings. The van der Waals surface area contributed by atoms with Crippen LogP contribution in [-0.2, 0) is 5.41 Å². The molecule has 302 valence electrons. The molecule has 4 aromatic heterocycles. The van der Waals surface area contributed by atoms with Gasteiger partial charge in [0.2, 0.25) is 0 Å². The summed E-state index contributed by atoms with van der Waals surface area (Å²) in [4.78, 5) is 2.52. The number of nitrogens with zero attached hydrogens (tertiary/aromatic N) is 4. The topological polar surface area (TPSA) is 30.6 Å². The molecule has 0 saturated heterocycles. The van der Waals surface area contributed by atoms with Crippen LogP contribution in [-0.4, -0.2) is 20.2 Å². The number of furan rings is 1. The summed E-state index contributed by atoms with van der Waals surface area (Å²) in [5.41, 5.74) is 24.0. The van der Waals surface area contributed by atoms with Crippen molar-refractivity contribution in [2.24, 2.45) is 0 Å². The van der Waals surface area contributed by atoms with E-state index < -0.39 is 0 Å². The number of rotatable bonds is 3. The van der Waals surface area contributed by atoms with Gasteiger partial charge in [-0.3, -0.25) is 8.97 Å². The van der Waals surface area contributed by atoms with Gasteiger partial charge in [-0.15, -0.1) is 0 Å². The van der Waals surface area contributed by atoms with E-state index in [1.165, 1.54) is 99.4 Å². The number of hydrogen-bond donors (Lipinski definition) is 0. The highest BCUT2D eigenvalue weighted by molar-refractivity contribution is 7.01. The molecule has 9 aromatic carbocycles. The predicted molar refractivity (Wildman–Crippen MR) is 270 cm³/mol. The van der Waals surface area contributed by atoms with E-state index >= 15 is 0 Å². The lowest BCUT2D eigenvalue weighted by atomic mass is 9.34. The first-order valence-electron chi connectivity index (χ1n) is 22.7. The average molecular weight is 829 g/mol. The van der Waals surface area contributed by atoms with E-state index in [0.717, 1.165) is 39.0 Å². The summed E-state index contributed by atoms with van der Waals surface area (Å²) in [5, 5.41) is 6.06. The van der Waals surface area contributed by atoms with Gasteiger partial charge in [-0.25, -0.2) is 0 Å². The fourth-order valence-electron chi connectivity index (χ4n) is 12.8. The molecule has 1 aliphatic carbocycles. The standard InChI is InChI=1S/C59H37BN4O/c1-59(2)42-20-7-3-15-36(42)37-30-29-34(31-43(37)59)61(49-26-14-28-53-54(49)41-18-6-12-27-52(41)65-53)35-32-50-56-51(33-35)64-48-25-11-10-24-47(48)63-46-23-9-5-17-40(46)55(58(63)64)60(56)44-21-13-19-39-38-16-4-8-22-45(38)62(50)57(39)44/h3-33H,1-2H3. The molecule has 0 amide bonds. The highest BCUT2D eigenvalue weighted by Gasteiger charge is 2.44. The zero-order valence-corrected chi connectivity index (χ0v) is 35.7. The molecule has 6 heteroatoms. The Morgan fingerprint density at radius 3 is 2.02 bits per heavy atom. The van der Waals surface area contributed by atoms with E-state index in [-0.39, 0.29) is 12.1 Å². The number of benzene rings is 9. The molecule has 2 aliphatic heterocycles. The van der Waals surface area contributed by atoms with Crippen molar-refractivity contribution in [2.75, 3.05) is 4.90 Å². The molecule has 0 saturated carbocycles. The number of hydrogen-bond acceptors (Lipinski definition) is 2. The first-order valence-corrected chi connectivity index (χ1v) is 22.7. The van der Waals surface area contributed by atoms with E-state index in [2.05, 4.69) is 220 Å². The number of para-hydroxylation sites is 6. The third-order valence-corrected chi connectivity index (χ3v) is 15.4. The fraction of sp³-hybridized carbons (Fsp3) is 0.0508. The van der Waals surface area contributed by atoms with Crippen LogP contribution in [0.3, 0.4) is 0 Å². The van der Waals surface area contributed by atoms with Crippen LogP contribution in [0.2, 0.25) is 0 Å². The van der Waals surface area contributed by atoms with Gasteiger partial charge in [-0.2, -0.15) is 0 Å². The van der Waals surface area contributed by atoms with Crippen molar-refractivity contribution in [1.29, 1.82) is 0 Å². The molecule has 16 rings (SSSR count). The lowest BCUT2D eigenvalue weighted by Gasteiger charge is -2.35. The van der Waals surface area contributed by atoms with Gasteiger partial charge in [0.15, 0.2) is 0 Å². The van der Waals surface area contributed by atoms with Gasteiger partial charge < -0.3 is 13.9 Å². The molecule has 6 heterocycles. The Bertz CT molecular complexity index is 4310. The van der Waals surface area contributed by atoms with Crippen LogP contribution in [0.25, 0.3) is 93.8 Å². The van der Waals surface area contributed by atoms with E-state index in [0.29, 0.717) is 0 Å². The minimum atomic E-state index is -0.181. The van der Waals surface area contributed by atoms with Gasteiger partial charge >= 0.3 is 0 Å². The third kappa shape index (κ3) is 4.04. The minimum absolute atomic E-state index is 0.00951. The summed E-state index contributed by atoms with van der Waals surface area (Å²) in [5.74, 6) is 0. The Morgan fingerprint density at radius 2 is 1.14 bits per heavy atom. The van der Waals surface area contributed by atoms with Crippen molar-refractivity contribution in [3.8, 4) is 22.5 Å². The van der Waals surface area contributed by atoms with Gasteiger partial charge in [0, 0.05) is 44.2 Å². The molecule has 65 heavy (non-hydrogen) atoms. The first-order chi connectivity index (χ1) is 32.0. The fourth-order valence-corrected chi connectivity index (χ4v) is 12.8. The smallest absolute Gasteiger partial charge is 0.255 e. The highest BCUT2D eigenvalue weighted by atomic mass is 16.3. The predicted octanol–water partition coefficient (Wildman–Crippen LogP) is 13.0. The number of imidazole rings is 1. The maximum Gasteiger partial charge on any atom is 0.255 e. The Morgan fingerprint density at radius 1 is 0.477 bits per heavy atom. The van der Waals surface area contributed by atoms with Crippen molar-refractivity contribution in [2.45, 2.75) is 19.3 Å². The third-order valence-electron chi connectivity index (χ3n) is 15.4. The van der Waals surface area contributed by atoms with Crippen molar-refractivity contribution in [3.05, 3.63) is 199 Å². The zero-order chi connectivity index (χ0) is 42.4. The molecule has 0 spiro atoms. The molecular formula is C59H37BN4O. The second kappa shape index (κ2) is 11.7. The van der Waals surface area contributed by atoms with Crippen LogP contribution in [0.4, 0.5) is 17.1 Å². The molecule has 13 aromatic rings. The van der Waals surface area contributed by atoms with Crippen molar-refractivity contribution >= 4 is 111 Å². The highest BCUT2D eigenvalue weighted by Crippen LogP contribution is 2.52. The Balaban J connectivity index is 1.09. The minimum Gasteiger partial charge on any atom is -0.456 e. The quantitative estimate of drug-likeness (QED) is 0.166. The Hall–Kier alpha value is -8.22. The lowest BCUT2D eigenvalue weighted by Crippen LogP contribution is -2.59. The SMILES string of the molecule is CC1(C)c2ccccc2-c2ccc(N(c3cc4c5c(c3)-n3c6ccccc6n6c7ccccc7c(c36)B5c3cccc5c6ccccc6n-4c35)c3cccc4oc5ccccc5c34)cc21. The molecule has 5 nitrogen and oxygen atoms in total. The summed E-state index contributed by atoms with van der Waals surface area (Å²) in [6, 6.07) is 70.1. The monoisotopic (exact) mass is 828 g/mol. The van der Waals surface area contributed by atoms with Gasteiger partial charge in [0.25, 0.3) is 6.71 Å². The molecule has 0 radical (unpaired) electrons. The van der Waals surface area contributed by atoms with Crippen LogP contribution < -0.4 is 21.3 Å². The van der Waals surface area contributed by atoms with Gasteiger partial charge in [0.05, 0.1) is 38.8 Å². The van der Waals surface area contributed by atoms with Gasteiger partial charge in [0.1, 0.15) is 16.8 Å². The summed E-state index contributed by atoms with van der Waals surface area (Å²) < 4.78 is 14.3. The van der Waals surface area contributed by atoms with E-state index in [1.54, 1.807) is 0 Å². The number of anilines is 3. The number of aromatic nitrogens is 3. The second-order valence-electron chi connectivity index (χ2n) is 18.8. The second-order valence-corrected chi connectivity index (χ2v) is 18.8. The lowest BCUT2D eigenvalue weighted by molar-refractivity contribution is 0.660. The zero-order valence-electron chi connectivity index (χ0n) is 35.7. The van der Waals surface area contributed by atoms with E-state index in [9.17, 15) is 0 Å². The van der Waals surface area contributed by atoms with Crippen LogP contribution in [0.15, 0.2) is 192 Å². The first kappa shape index (κ1) is 34.3. The summed E-state index contributed by atoms with van der Waals surface area (Å²) in [6.45, 7) is 4.76. The van der Waals surface area contributed by atoms with Gasteiger partial charge in [-0.05, 0) is 111 Å². The van der Waals surface area contributed by atoms with E-state index in [1.807, 2.05) is 0 Å². The summed E-state index contributed by atoms with van der Waals surface area (Å²) in [7, 11) is 0. The van der Waals surface area contributed by atoms with Crippen molar-refractivity contribution in [3.63, 3.8) is 0 Å².